The Morgan fingerprint density at radius 1 is 1.47 bits per heavy atom. The first-order chi connectivity index (χ1) is 9.02. The van der Waals surface area contributed by atoms with Crippen molar-refractivity contribution in [1.29, 1.82) is 0 Å². The lowest BCUT2D eigenvalue weighted by atomic mass is 10.0. The van der Waals surface area contributed by atoms with Crippen molar-refractivity contribution in [2.75, 3.05) is 7.11 Å². The highest BCUT2D eigenvalue weighted by Crippen LogP contribution is 2.22. The molecule has 2 rings (SSSR count). The molecular formula is C14H19N3O2. The molecule has 102 valence electrons. The molecule has 0 amide bonds. The Balaban J connectivity index is 2.42. The average Bonchev–Trinajstić information content (AvgIpc) is 2.80. The van der Waals surface area contributed by atoms with E-state index >= 15 is 0 Å². The zero-order chi connectivity index (χ0) is 14.0. The van der Waals surface area contributed by atoms with Crippen molar-refractivity contribution >= 4 is 17.0 Å². The summed E-state index contributed by atoms with van der Waals surface area (Å²) < 4.78 is 4.75. The monoisotopic (exact) mass is 261 g/mol. The quantitative estimate of drug-likeness (QED) is 0.828. The predicted octanol–water partition coefficient (Wildman–Crippen LogP) is 2.40. The van der Waals surface area contributed by atoms with Gasteiger partial charge in [0.1, 0.15) is 11.3 Å². The highest BCUT2D eigenvalue weighted by Gasteiger charge is 2.17. The Morgan fingerprint density at radius 3 is 2.84 bits per heavy atom. The van der Waals surface area contributed by atoms with Gasteiger partial charge in [-0.15, -0.1) is 0 Å². The predicted molar refractivity (Wildman–Crippen MR) is 73.8 cm³/mol. The van der Waals surface area contributed by atoms with Crippen LogP contribution in [0, 0.1) is 5.92 Å². The van der Waals surface area contributed by atoms with Crippen molar-refractivity contribution in [2.24, 2.45) is 11.7 Å². The smallest absolute Gasteiger partial charge is 0.340 e. The van der Waals surface area contributed by atoms with E-state index in [1.165, 1.54) is 7.11 Å². The van der Waals surface area contributed by atoms with Crippen LogP contribution in [-0.4, -0.2) is 23.0 Å². The van der Waals surface area contributed by atoms with Gasteiger partial charge in [0.25, 0.3) is 0 Å². The van der Waals surface area contributed by atoms with Gasteiger partial charge in [-0.25, -0.2) is 9.78 Å². The molecule has 2 aromatic rings. The van der Waals surface area contributed by atoms with Crippen LogP contribution in [0.15, 0.2) is 18.2 Å². The summed E-state index contributed by atoms with van der Waals surface area (Å²) in [7, 11) is 1.36. The number of hydrogen-bond acceptors (Lipinski definition) is 4. The van der Waals surface area contributed by atoms with Crippen LogP contribution in [0.4, 0.5) is 0 Å². The van der Waals surface area contributed by atoms with E-state index in [-0.39, 0.29) is 12.0 Å². The number of nitrogens with two attached hydrogens (primary N) is 1. The molecule has 1 aromatic heterocycles. The van der Waals surface area contributed by atoms with Gasteiger partial charge in [0, 0.05) is 0 Å². The molecule has 1 unspecified atom stereocenters. The number of nitrogens with zero attached hydrogens (tertiary/aromatic N) is 1. The third kappa shape index (κ3) is 2.76. The third-order valence-electron chi connectivity index (χ3n) is 3.01. The topological polar surface area (TPSA) is 81.0 Å². The second kappa shape index (κ2) is 5.40. The third-order valence-corrected chi connectivity index (χ3v) is 3.01. The van der Waals surface area contributed by atoms with Gasteiger partial charge in [-0.3, -0.25) is 0 Å². The molecule has 0 fully saturated rings. The van der Waals surface area contributed by atoms with Gasteiger partial charge in [0.15, 0.2) is 0 Å². The summed E-state index contributed by atoms with van der Waals surface area (Å²) in [6.45, 7) is 4.23. The molecule has 0 saturated carbocycles. The highest BCUT2D eigenvalue weighted by molar-refractivity contribution is 6.01. The first-order valence-corrected chi connectivity index (χ1v) is 6.35. The van der Waals surface area contributed by atoms with Gasteiger partial charge in [0.2, 0.25) is 0 Å². The number of fused-ring (bicyclic) bond motifs is 1. The molecule has 0 radical (unpaired) electrons. The molecule has 0 aliphatic carbocycles. The number of ether oxygens (including phenoxy) is 1. The van der Waals surface area contributed by atoms with E-state index in [0.717, 1.165) is 11.9 Å². The molecule has 0 saturated heterocycles. The van der Waals surface area contributed by atoms with Crippen molar-refractivity contribution in [3.05, 3.63) is 29.6 Å². The molecule has 5 heteroatoms. The van der Waals surface area contributed by atoms with E-state index in [9.17, 15) is 4.79 Å². The van der Waals surface area contributed by atoms with Crippen molar-refractivity contribution in [3.8, 4) is 0 Å². The number of carbonyl (C=O) groups is 1. The molecule has 3 N–H and O–H groups in total. The molecule has 1 aromatic carbocycles. The molecule has 19 heavy (non-hydrogen) atoms. The molecule has 5 nitrogen and oxygen atoms in total. The van der Waals surface area contributed by atoms with Crippen molar-refractivity contribution < 1.29 is 9.53 Å². The van der Waals surface area contributed by atoms with Gasteiger partial charge >= 0.3 is 5.97 Å². The number of methoxy groups -OCH3 is 1. The van der Waals surface area contributed by atoms with Gasteiger partial charge in [0.05, 0.1) is 24.2 Å². The largest absolute Gasteiger partial charge is 0.465 e. The number of benzene rings is 1. The molecule has 0 bridgehead atoms. The van der Waals surface area contributed by atoms with Gasteiger partial charge < -0.3 is 15.5 Å². The van der Waals surface area contributed by atoms with Crippen LogP contribution < -0.4 is 5.73 Å². The molecular weight excluding hydrogens is 242 g/mol. The minimum atomic E-state index is -0.388. The number of H-pyrrole nitrogens is 1. The molecule has 0 spiro atoms. The minimum absolute atomic E-state index is 0.155. The van der Waals surface area contributed by atoms with Crippen LogP contribution >= 0.6 is 0 Å². The maximum atomic E-state index is 11.7. The molecule has 1 heterocycles. The van der Waals surface area contributed by atoms with E-state index in [2.05, 4.69) is 23.8 Å². The molecule has 1 atom stereocenters. The first-order valence-electron chi connectivity index (χ1n) is 6.35. The van der Waals surface area contributed by atoms with E-state index in [0.29, 0.717) is 22.8 Å². The Hall–Kier alpha value is -1.88. The molecule has 0 aliphatic heterocycles. The van der Waals surface area contributed by atoms with Crippen LogP contribution in [0.25, 0.3) is 11.0 Å². The average molecular weight is 261 g/mol. The Labute approximate surface area is 112 Å². The van der Waals surface area contributed by atoms with Crippen LogP contribution in [0.1, 0.15) is 42.5 Å². The summed E-state index contributed by atoms with van der Waals surface area (Å²) in [5, 5.41) is 0. The molecule has 0 aliphatic rings. The summed E-state index contributed by atoms with van der Waals surface area (Å²) >= 11 is 0. The number of carbonyl (C=O) groups excluding carboxylic acids is 1. The number of rotatable bonds is 4. The number of aromatic amines is 1. The van der Waals surface area contributed by atoms with Crippen LogP contribution in [0.3, 0.4) is 0 Å². The maximum absolute atomic E-state index is 11.7. The van der Waals surface area contributed by atoms with Crippen LogP contribution in [0.5, 0.6) is 0 Å². The number of para-hydroxylation sites is 1. The van der Waals surface area contributed by atoms with Crippen molar-refractivity contribution in [1.82, 2.24) is 9.97 Å². The van der Waals surface area contributed by atoms with Crippen LogP contribution in [-0.2, 0) is 4.74 Å². The lowest BCUT2D eigenvalue weighted by Gasteiger charge is -2.10. The number of hydrogen-bond donors (Lipinski definition) is 2. The zero-order valence-electron chi connectivity index (χ0n) is 11.4. The lowest BCUT2D eigenvalue weighted by molar-refractivity contribution is 0.0603. The van der Waals surface area contributed by atoms with Gasteiger partial charge in [-0.05, 0) is 24.5 Å². The second-order valence-electron chi connectivity index (χ2n) is 5.05. The number of imidazole rings is 1. The van der Waals surface area contributed by atoms with Crippen molar-refractivity contribution in [3.63, 3.8) is 0 Å². The summed E-state index contributed by atoms with van der Waals surface area (Å²) in [6.07, 6.45) is 0.841. The summed E-state index contributed by atoms with van der Waals surface area (Å²) in [6, 6.07) is 5.22. The van der Waals surface area contributed by atoms with E-state index in [1.54, 1.807) is 12.1 Å². The Bertz CT molecular complexity index is 589. The van der Waals surface area contributed by atoms with Crippen LogP contribution in [0.2, 0.25) is 0 Å². The maximum Gasteiger partial charge on any atom is 0.340 e. The number of nitrogens with one attached hydrogen (secondary N) is 1. The van der Waals surface area contributed by atoms with E-state index in [4.69, 9.17) is 10.5 Å². The highest BCUT2D eigenvalue weighted by atomic mass is 16.5. The fourth-order valence-electron chi connectivity index (χ4n) is 2.12. The fourth-order valence-corrected chi connectivity index (χ4v) is 2.12. The zero-order valence-corrected chi connectivity index (χ0v) is 11.4. The normalized spacial score (nSPS) is 12.9. The summed E-state index contributed by atoms with van der Waals surface area (Å²) in [5.74, 6) is 0.810. The summed E-state index contributed by atoms with van der Waals surface area (Å²) in [5.41, 5.74) is 7.98. The lowest BCUT2D eigenvalue weighted by Crippen LogP contribution is -2.14. The second-order valence-corrected chi connectivity index (χ2v) is 5.05. The standard InChI is InChI=1S/C14H19N3O2/c1-8(2)7-10(15)13-16-11-6-4-5-9(12(11)17-13)14(18)19-3/h4-6,8,10H,7,15H2,1-3H3,(H,16,17). The Morgan fingerprint density at radius 2 is 2.21 bits per heavy atom. The van der Waals surface area contributed by atoms with E-state index in [1.807, 2.05) is 6.07 Å². The van der Waals surface area contributed by atoms with Crippen molar-refractivity contribution in [2.45, 2.75) is 26.3 Å². The van der Waals surface area contributed by atoms with E-state index < -0.39 is 0 Å². The minimum Gasteiger partial charge on any atom is -0.465 e. The first kappa shape index (κ1) is 13.5. The Kier molecular flexibility index (Phi) is 3.85. The number of aromatic nitrogens is 2. The summed E-state index contributed by atoms with van der Waals surface area (Å²) in [4.78, 5) is 19.3. The fraction of sp³-hybridized carbons (Fsp3) is 0.429. The van der Waals surface area contributed by atoms with Gasteiger partial charge in [-0.2, -0.15) is 0 Å². The number of esters is 1. The van der Waals surface area contributed by atoms with Gasteiger partial charge in [-0.1, -0.05) is 19.9 Å². The SMILES string of the molecule is COC(=O)c1cccc2[nH]c(C(N)CC(C)C)nc12.